The number of esters is 2. The van der Waals surface area contributed by atoms with E-state index in [0.717, 1.165) is 0 Å². The number of carbonyl (C=O) groups excluding carboxylic acids is 2. The highest BCUT2D eigenvalue weighted by molar-refractivity contribution is 6.00. The lowest BCUT2D eigenvalue weighted by molar-refractivity contribution is -0.153. The Morgan fingerprint density at radius 1 is 1.00 bits per heavy atom. The highest BCUT2D eigenvalue weighted by Crippen LogP contribution is 1.98. The second-order valence-corrected chi connectivity index (χ2v) is 3.85. The molecule has 0 saturated heterocycles. The Hall–Kier alpha value is -2.42. The van der Waals surface area contributed by atoms with E-state index in [4.69, 9.17) is 0 Å². The van der Waals surface area contributed by atoms with Crippen LogP contribution in [0.25, 0.3) is 6.08 Å². The van der Waals surface area contributed by atoms with Gasteiger partial charge in [-0.3, -0.25) is 0 Å². The monoisotopic (exact) mass is 258 g/mol. The lowest BCUT2D eigenvalue weighted by atomic mass is 10.2. The molecule has 0 atom stereocenters. The summed E-state index contributed by atoms with van der Waals surface area (Å²) in [5, 5.41) is 0. The van der Waals surface area contributed by atoms with E-state index in [2.05, 4.69) is 24.5 Å². The molecule has 100 valence electrons. The van der Waals surface area contributed by atoms with Crippen molar-refractivity contribution < 1.29 is 14.3 Å². The smallest absolute Gasteiger partial charge is 0.340 e. The van der Waals surface area contributed by atoms with Crippen LogP contribution in [-0.4, -0.2) is 11.9 Å². The second-order valence-electron chi connectivity index (χ2n) is 3.85. The van der Waals surface area contributed by atoms with E-state index in [1.54, 1.807) is 0 Å². The average Bonchev–Trinajstić information content (AvgIpc) is 2.40. The first kappa shape index (κ1) is 16.6. The first-order valence-corrected chi connectivity index (χ1v) is 5.63. The minimum Gasteiger partial charge on any atom is -0.386 e. The van der Waals surface area contributed by atoms with E-state index in [-0.39, 0.29) is 11.1 Å². The summed E-state index contributed by atoms with van der Waals surface area (Å²) in [5.41, 5.74) is 1.56. The standard InChI is InChI=1S/C8H10O3.C8H8/c1-5(2)7(9)11-8(10)6(3)4;1-2-8-6-4-3-5-7-8/h1,3H2,2,4H3;2-7H,1H2. The minimum atomic E-state index is -0.710. The fraction of sp³-hybridized carbons (Fsp3) is 0.125. The molecule has 0 spiro atoms. The Morgan fingerprint density at radius 2 is 1.42 bits per heavy atom. The summed E-state index contributed by atoms with van der Waals surface area (Å²) in [7, 11) is 0. The normalized spacial score (nSPS) is 8.53. The molecule has 0 bridgehead atoms. The molecule has 0 saturated carbocycles. The molecule has 0 unspecified atom stereocenters. The molecule has 0 aromatic heterocycles. The maximum absolute atomic E-state index is 10.7. The van der Waals surface area contributed by atoms with Crippen molar-refractivity contribution in [2.45, 2.75) is 13.8 Å². The predicted molar refractivity (Wildman–Crippen MR) is 77.3 cm³/mol. The lowest BCUT2D eigenvalue weighted by Crippen LogP contribution is -2.12. The number of benzene rings is 1. The van der Waals surface area contributed by atoms with Crippen LogP contribution in [0.5, 0.6) is 0 Å². The van der Waals surface area contributed by atoms with E-state index in [1.807, 2.05) is 36.4 Å². The van der Waals surface area contributed by atoms with Crippen LogP contribution in [0.4, 0.5) is 0 Å². The van der Waals surface area contributed by atoms with E-state index in [9.17, 15) is 9.59 Å². The van der Waals surface area contributed by atoms with Crippen molar-refractivity contribution in [3.63, 3.8) is 0 Å². The fourth-order valence-electron chi connectivity index (χ4n) is 0.848. The summed E-state index contributed by atoms with van der Waals surface area (Å²) in [4.78, 5) is 21.3. The number of ether oxygens (including phenoxy) is 1. The molecule has 19 heavy (non-hydrogen) atoms. The molecule has 1 rings (SSSR count). The molecule has 0 aliphatic carbocycles. The van der Waals surface area contributed by atoms with Crippen LogP contribution < -0.4 is 0 Å². The Morgan fingerprint density at radius 3 is 1.68 bits per heavy atom. The first-order valence-electron chi connectivity index (χ1n) is 5.63. The predicted octanol–water partition coefficient (Wildman–Crippen LogP) is 3.54. The lowest BCUT2D eigenvalue weighted by Gasteiger charge is -1.99. The van der Waals surface area contributed by atoms with Gasteiger partial charge in [-0.25, -0.2) is 9.59 Å². The van der Waals surface area contributed by atoms with Crippen molar-refractivity contribution in [1.82, 2.24) is 0 Å². The van der Waals surface area contributed by atoms with Crippen LogP contribution in [0.1, 0.15) is 19.4 Å². The number of rotatable bonds is 3. The van der Waals surface area contributed by atoms with E-state index >= 15 is 0 Å². The molecule has 3 nitrogen and oxygen atoms in total. The Balaban J connectivity index is 0.000000356. The van der Waals surface area contributed by atoms with Crippen molar-refractivity contribution in [1.29, 1.82) is 0 Å². The largest absolute Gasteiger partial charge is 0.386 e. The van der Waals surface area contributed by atoms with Gasteiger partial charge in [-0.15, -0.1) is 0 Å². The van der Waals surface area contributed by atoms with Crippen LogP contribution in [0.15, 0.2) is 61.2 Å². The topological polar surface area (TPSA) is 43.4 Å². The highest BCUT2D eigenvalue weighted by atomic mass is 16.6. The summed E-state index contributed by atoms with van der Waals surface area (Å²) >= 11 is 0. The first-order chi connectivity index (χ1) is 8.88. The molecule has 0 aliphatic rings. The second kappa shape index (κ2) is 8.64. The van der Waals surface area contributed by atoms with E-state index < -0.39 is 11.9 Å². The van der Waals surface area contributed by atoms with Gasteiger partial charge in [0.2, 0.25) is 0 Å². The van der Waals surface area contributed by atoms with Gasteiger partial charge in [-0.05, 0) is 19.4 Å². The van der Waals surface area contributed by atoms with Crippen LogP contribution in [0, 0.1) is 0 Å². The van der Waals surface area contributed by atoms with Crippen LogP contribution in [0.2, 0.25) is 0 Å². The quantitative estimate of drug-likeness (QED) is 0.473. The molecular weight excluding hydrogens is 240 g/mol. The van der Waals surface area contributed by atoms with Crippen molar-refractivity contribution in [3.8, 4) is 0 Å². The van der Waals surface area contributed by atoms with E-state index in [0.29, 0.717) is 0 Å². The minimum absolute atomic E-state index is 0.194. The van der Waals surface area contributed by atoms with Crippen LogP contribution in [0.3, 0.4) is 0 Å². The Labute approximate surface area is 113 Å². The van der Waals surface area contributed by atoms with Gasteiger partial charge in [0.25, 0.3) is 0 Å². The van der Waals surface area contributed by atoms with Crippen LogP contribution >= 0.6 is 0 Å². The van der Waals surface area contributed by atoms with Gasteiger partial charge in [0, 0.05) is 11.1 Å². The van der Waals surface area contributed by atoms with E-state index in [1.165, 1.54) is 19.4 Å². The van der Waals surface area contributed by atoms with Gasteiger partial charge in [0.15, 0.2) is 0 Å². The van der Waals surface area contributed by atoms with Crippen molar-refractivity contribution in [2.24, 2.45) is 0 Å². The zero-order valence-corrected chi connectivity index (χ0v) is 11.3. The molecule has 0 amide bonds. The third kappa shape index (κ3) is 7.49. The molecule has 0 aliphatic heterocycles. The number of hydrogen-bond acceptors (Lipinski definition) is 3. The molecule has 0 fully saturated rings. The van der Waals surface area contributed by atoms with Gasteiger partial charge in [-0.2, -0.15) is 0 Å². The van der Waals surface area contributed by atoms with Gasteiger partial charge in [-0.1, -0.05) is 56.1 Å². The molecule has 0 N–H and O–H groups in total. The van der Waals surface area contributed by atoms with Gasteiger partial charge in [0.1, 0.15) is 0 Å². The molecule has 0 heterocycles. The molecular formula is C16H18O3. The summed E-state index contributed by atoms with van der Waals surface area (Å²) in [6.07, 6.45) is 1.83. The maximum Gasteiger partial charge on any atom is 0.340 e. The Bertz CT molecular complexity index is 460. The molecule has 1 aromatic rings. The Kier molecular flexibility index (Phi) is 7.54. The SMILES string of the molecule is C=C(C)C(=O)OC(=O)C(=C)C.C=Cc1ccccc1. The molecule has 3 heteroatoms. The third-order valence-electron chi connectivity index (χ3n) is 1.92. The zero-order valence-electron chi connectivity index (χ0n) is 11.3. The molecule has 1 aromatic carbocycles. The number of carbonyl (C=O) groups is 2. The third-order valence-corrected chi connectivity index (χ3v) is 1.92. The van der Waals surface area contributed by atoms with Gasteiger partial charge in [0.05, 0.1) is 0 Å². The van der Waals surface area contributed by atoms with Crippen LogP contribution in [-0.2, 0) is 14.3 Å². The fourth-order valence-corrected chi connectivity index (χ4v) is 0.848. The highest BCUT2D eigenvalue weighted by Gasteiger charge is 2.10. The average molecular weight is 258 g/mol. The van der Waals surface area contributed by atoms with Crippen molar-refractivity contribution in [2.75, 3.05) is 0 Å². The summed E-state index contributed by atoms with van der Waals surface area (Å²) in [5.74, 6) is -1.42. The number of hydrogen-bond donors (Lipinski definition) is 0. The summed E-state index contributed by atoms with van der Waals surface area (Å²) < 4.78 is 4.30. The van der Waals surface area contributed by atoms with Crippen molar-refractivity contribution in [3.05, 3.63) is 66.8 Å². The van der Waals surface area contributed by atoms with Gasteiger partial charge < -0.3 is 4.74 Å². The molecule has 0 radical (unpaired) electrons. The summed E-state index contributed by atoms with van der Waals surface area (Å²) in [6, 6.07) is 10.0. The zero-order chi connectivity index (χ0) is 14.8. The van der Waals surface area contributed by atoms with Gasteiger partial charge >= 0.3 is 11.9 Å². The summed E-state index contributed by atoms with van der Waals surface area (Å²) in [6.45, 7) is 13.2. The maximum atomic E-state index is 10.7. The van der Waals surface area contributed by atoms with Crippen molar-refractivity contribution >= 4 is 18.0 Å².